The van der Waals surface area contributed by atoms with Crippen molar-refractivity contribution in [2.24, 2.45) is 0 Å². The number of hydrogen-bond donors (Lipinski definition) is 0. The number of ether oxygens (including phenoxy) is 2. The molecule has 20 heavy (non-hydrogen) atoms. The molecule has 0 aliphatic heterocycles. The number of fused-ring (bicyclic) bond motifs is 1. The van der Waals surface area contributed by atoms with Gasteiger partial charge in [-0.3, -0.25) is 0 Å². The van der Waals surface area contributed by atoms with Crippen molar-refractivity contribution in [2.75, 3.05) is 14.2 Å². The van der Waals surface area contributed by atoms with E-state index in [1.807, 2.05) is 18.2 Å². The molecule has 1 aliphatic rings. The summed E-state index contributed by atoms with van der Waals surface area (Å²) in [4.78, 5) is 0. The molecular weight excluding hydrogens is 248 g/mol. The van der Waals surface area contributed by atoms with E-state index in [-0.39, 0.29) is 0 Å². The normalized spacial score (nSPS) is 13.3. The van der Waals surface area contributed by atoms with Gasteiger partial charge in [0, 0.05) is 0 Å². The van der Waals surface area contributed by atoms with Gasteiger partial charge < -0.3 is 9.47 Å². The number of allylic oxidation sites excluding steroid dienone is 2. The smallest absolute Gasteiger partial charge is 0.119 e. The number of hydrogen-bond acceptors (Lipinski definition) is 2. The first-order valence-electron chi connectivity index (χ1n) is 6.74. The molecule has 0 saturated heterocycles. The Balaban J connectivity index is 1.98. The predicted octanol–water partition coefficient (Wildman–Crippen LogP) is 4.19. The molecule has 0 radical (unpaired) electrons. The zero-order valence-corrected chi connectivity index (χ0v) is 12.1. The van der Waals surface area contributed by atoms with E-state index in [0.717, 1.165) is 17.9 Å². The number of benzene rings is 2. The lowest BCUT2D eigenvalue weighted by molar-refractivity contribution is 0.414. The topological polar surface area (TPSA) is 18.5 Å². The Labute approximate surface area is 119 Å². The van der Waals surface area contributed by atoms with Crippen LogP contribution < -0.4 is 9.47 Å². The van der Waals surface area contributed by atoms with Crippen LogP contribution in [0.15, 0.2) is 42.5 Å². The molecule has 3 rings (SSSR count). The van der Waals surface area contributed by atoms with E-state index >= 15 is 0 Å². The van der Waals surface area contributed by atoms with Gasteiger partial charge in [-0.2, -0.15) is 0 Å². The maximum Gasteiger partial charge on any atom is 0.119 e. The molecule has 0 amide bonds. The molecular formula is C18H18O2. The minimum absolute atomic E-state index is 0.893. The van der Waals surface area contributed by atoms with Gasteiger partial charge in [0.25, 0.3) is 0 Å². The SMILES string of the molecule is COc1ccc(C2=C(C)c3ccc(OC)cc3C2)cc1. The number of methoxy groups -OCH3 is 2. The molecule has 0 atom stereocenters. The average Bonchev–Trinajstić information content (AvgIpc) is 2.84. The van der Waals surface area contributed by atoms with Crippen LogP contribution in [0.5, 0.6) is 11.5 Å². The minimum Gasteiger partial charge on any atom is -0.497 e. The first-order valence-corrected chi connectivity index (χ1v) is 6.74. The third-order valence-electron chi connectivity index (χ3n) is 3.97. The molecule has 2 aromatic rings. The molecule has 0 unspecified atom stereocenters. The summed E-state index contributed by atoms with van der Waals surface area (Å²) in [6, 6.07) is 14.6. The molecule has 0 saturated carbocycles. The van der Waals surface area contributed by atoms with Crippen LogP contribution in [0.2, 0.25) is 0 Å². The lowest BCUT2D eigenvalue weighted by Gasteiger charge is -2.06. The van der Waals surface area contributed by atoms with Crippen molar-refractivity contribution in [3.05, 3.63) is 59.2 Å². The highest BCUT2D eigenvalue weighted by Gasteiger charge is 2.20. The highest BCUT2D eigenvalue weighted by atomic mass is 16.5. The van der Waals surface area contributed by atoms with Gasteiger partial charge in [0.2, 0.25) is 0 Å². The Morgan fingerprint density at radius 2 is 1.50 bits per heavy atom. The Kier molecular flexibility index (Phi) is 3.23. The zero-order chi connectivity index (χ0) is 14.1. The summed E-state index contributed by atoms with van der Waals surface area (Å²) in [6.45, 7) is 2.19. The molecule has 0 spiro atoms. The molecule has 102 valence electrons. The molecule has 2 nitrogen and oxygen atoms in total. The van der Waals surface area contributed by atoms with Crippen LogP contribution >= 0.6 is 0 Å². The summed E-state index contributed by atoms with van der Waals surface area (Å²) in [6.07, 6.45) is 0.963. The van der Waals surface area contributed by atoms with E-state index in [1.54, 1.807) is 14.2 Å². The van der Waals surface area contributed by atoms with Crippen molar-refractivity contribution < 1.29 is 9.47 Å². The molecule has 0 heterocycles. The Morgan fingerprint density at radius 1 is 0.850 bits per heavy atom. The van der Waals surface area contributed by atoms with Crippen molar-refractivity contribution in [3.8, 4) is 11.5 Å². The third kappa shape index (κ3) is 2.07. The Hall–Kier alpha value is -2.22. The Morgan fingerprint density at radius 3 is 2.15 bits per heavy atom. The average molecular weight is 266 g/mol. The van der Waals surface area contributed by atoms with Crippen molar-refractivity contribution in [1.29, 1.82) is 0 Å². The van der Waals surface area contributed by atoms with Crippen LogP contribution in [0, 0.1) is 0 Å². The molecule has 1 aliphatic carbocycles. The monoisotopic (exact) mass is 266 g/mol. The standard InChI is InChI=1S/C18H18O2/c1-12-17-9-8-16(20-3)10-14(17)11-18(12)13-4-6-15(19-2)7-5-13/h4-10H,11H2,1-3H3. The number of rotatable bonds is 3. The fraction of sp³-hybridized carbons (Fsp3) is 0.222. The van der Waals surface area contributed by atoms with Crippen LogP contribution in [0.25, 0.3) is 11.1 Å². The summed E-state index contributed by atoms with van der Waals surface area (Å²) in [7, 11) is 3.40. The van der Waals surface area contributed by atoms with Gasteiger partial charge in [-0.25, -0.2) is 0 Å². The lowest BCUT2D eigenvalue weighted by Crippen LogP contribution is -1.89. The fourth-order valence-electron chi connectivity index (χ4n) is 2.81. The van der Waals surface area contributed by atoms with Crippen molar-refractivity contribution in [3.63, 3.8) is 0 Å². The zero-order valence-electron chi connectivity index (χ0n) is 12.1. The van der Waals surface area contributed by atoms with E-state index in [9.17, 15) is 0 Å². The van der Waals surface area contributed by atoms with Crippen LogP contribution in [-0.2, 0) is 6.42 Å². The second-order valence-corrected chi connectivity index (χ2v) is 5.03. The molecule has 0 N–H and O–H groups in total. The van der Waals surface area contributed by atoms with E-state index in [1.165, 1.54) is 27.8 Å². The molecule has 2 aromatic carbocycles. The predicted molar refractivity (Wildman–Crippen MR) is 82.2 cm³/mol. The fourth-order valence-corrected chi connectivity index (χ4v) is 2.81. The Bertz CT molecular complexity index is 666. The highest BCUT2D eigenvalue weighted by molar-refractivity contribution is 5.96. The van der Waals surface area contributed by atoms with Gasteiger partial charge in [0.05, 0.1) is 14.2 Å². The van der Waals surface area contributed by atoms with Gasteiger partial charge in [-0.15, -0.1) is 0 Å². The van der Waals surface area contributed by atoms with Crippen LogP contribution in [0.3, 0.4) is 0 Å². The van der Waals surface area contributed by atoms with Crippen molar-refractivity contribution in [1.82, 2.24) is 0 Å². The summed E-state index contributed by atoms with van der Waals surface area (Å²) in [5.74, 6) is 1.82. The first-order chi connectivity index (χ1) is 9.72. The first kappa shape index (κ1) is 12.8. The molecule has 0 aromatic heterocycles. The van der Waals surface area contributed by atoms with Gasteiger partial charge >= 0.3 is 0 Å². The minimum atomic E-state index is 0.893. The second-order valence-electron chi connectivity index (χ2n) is 5.03. The maximum atomic E-state index is 5.31. The quantitative estimate of drug-likeness (QED) is 0.829. The van der Waals surface area contributed by atoms with Gasteiger partial charge in [0.1, 0.15) is 11.5 Å². The van der Waals surface area contributed by atoms with Crippen LogP contribution in [0.4, 0.5) is 0 Å². The highest BCUT2D eigenvalue weighted by Crippen LogP contribution is 2.39. The van der Waals surface area contributed by atoms with Crippen LogP contribution in [-0.4, -0.2) is 14.2 Å². The van der Waals surface area contributed by atoms with Gasteiger partial charge in [-0.05, 0) is 65.4 Å². The third-order valence-corrected chi connectivity index (χ3v) is 3.97. The summed E-state index contributed by atoms with van der Waals surface area (Å²) in [5, 5.41) is 0. The molecule has 0 fully saturated rings. The summed E-state index contributed by atoms with van der Waals surface area (Å²) < 4.78 is 10.5. The van der Waals surface area contributed by atoms with E-state index in [2.05, 4.69) is 31.2 Å². The van der Waals surface area contributed by atoms with E-state index < -0.39 is 0 Å². The van der Waals surface area contributed by atoms with E-state index in [0.29, 0.717) is 0 Å². The van der Waals surface area contributed by atoms with Gasteiger partial charge in [-0.1, -0.05) is 18.2 Å². The largest absolute Gasteiger partial charge is 0.497 e. The van der Waals surface area contributed by atoms with Crippen LogP contribution in [0.1, 0.15) is 23.6 Å². The summed E-state index contributed by atoms with van der Waals surface area (Å²) >= 11 is 0. The van der Waals surface area contributed by atoms with E-state index in [4.69, 9.17) is 9.47 Å². The van der Waals surface area contributed by atoms with Crippen molar-refractivity contribution >= 4 is 11.1 Å². The maximum absolute atomic E-state index is 5.31. The molecule has 0 bridgehead atoms. The summed E-state index contributed by atoms with van der Waals surface area (Å²) in [5.41, 5.74) is 6.67. The van der Waals surface area contributed by atoms with Gasteiger partial charge in [0.15, 0.2) is 0 Å². The second kappa shape index (κ2) is 5.04. The van der Waals surface area contributed by atoms with Crippen molar-refractivity contribution in [2.45, 2.75) is 13.3 Å². The molecule has 2 heteroatoms. The lowest BCUT2D eigenvalue weighted by atomic mass is 10.0.